The Kier molecular flexibility index (Phi) is 8.04. The smallest absolute Gasteiger partial charge is 0.191 e. The van der Waals surface area contributed by atoms with Crippen LogP contribution in [0.25, 0.3) is 0 Å². The van der Waals surface area contributed by atoms with Crippen molar-refractivity contribution in [2.75, 3.05) is 26.7 Å². The summed E-state index contributed by atoms with van der Waals surface area (Å²) in [5.41, 5.74) is -0.0660. The van der Waals surface area contributed by atoms with Crippen molar-refractivity contribution in [2.45, 2.75) is 31.8 Å². The van der Waals surface area contributed by atoms with Gasteiger partial charge < -0.3 is 19.8 Å². The van der Waals surface area contributed by atoms with Gasteiger partial charge in [-0.3, -0.25) is 4.99 Å². The maximum absolute atomic E-state index is 5.75. The molecule has 2 heterocycles. The molecule has 1 aliphatic heterocycles. The minimum Gasteiger partial charge on any atom is -0.454 e. The zero-order chi connectivity index (χ0) is 14.4. The summed E-state index contributed by atoms with van der Waals surface area (Å²) in [7, 11) is 1.77. The molecular formula is C14H23BrIN3O2. The number of aliphatic imine (C=N–C) groups is 1. The Balaban J connectivity index is 0.00000220. The van der Waals surface area contributed by atoms with Crippen molar-refractivity contribution < 1.29 is 9.15 Å². The maximum Gasteiger partial charge on any atom is 0.191 e. The maximum atomic E-state index is 5.75. The number of hydrogen-bond donors (Lipinski definition) is 2. The van der Waals surface area contributed by atoms with Crippen LogP contribution in [0.15, 0.2) is 26.2 Å². The van der Waals surface area contributed by atoms with Crippen LogP contribution in [0.1, 0.15) is 25.5 Å². The molecule has 2 N–H and O–H groups in total. The SMILES string of the molecule is CN=C(NCCc1ccc(Br)o1)NCC1(C)CCCO1.I. The van der Waals surface area contributed by atoms with Gasteiger partial charge in [0.2, 0.25) is 0 Å². The van der Waals surface area contributed by atoms with E-state index in [4.69, 9.17) is 9.15 Å². The lowest BCUT2D eigenvalue weighted by atomic mass is 10.0. The molecule has 7 heteroatoms. The number of rotatable bonds is 5. The average Bonchev–Trinajstić information content (AvgIpc) is 3.03. The van der Waals surface area contributed by atoms with Crippen molar-refractivity contribution in [1.82, 2.24) is 10.6 Å². The number of hydrogen-bond acceptors (Lipinski definition) is 3. The predicted octanol–water partition coefficient (Wildman–Crippen LogP) is 2.94. The molecule has 0 radical (unpaired) electrons. The predicted molar refractivity (Wildman–Crippen MR) is 98.5 cm³/mol. The largest absolute Gasteiger partial charge is 0.454 e. The van der Waals surface area contributed by atoms with Gasteiger partial charge in [0.25, 0.3) is 0 Å². The van der Waals surface area contributed by atoms with E-state index in [0.29, 0.717) is 0 Å². The van der Waals surface area contributed by atoms with Crippen LogP contribution in [0.3, 0.4) is 0 Å². The van der Waals surface area contributed by atoms with Gasteiger partial charge in [-0.1, -0.05) is 0 Å². The minimum absolute atomic E-state index is 0. The van der Waals surface area contributed by atoms with E-state index in [1.165, 1.54) is 0 Å². The van der Waals surface area contributed by atoms with E-state index >= 15 is 0 Å². The van der Waals surface area contributed by atoms with Gasteiger partial charge in [0.1, 0.15) is 5.76 Å². The Labute approximate surface area is 151 Å². The Morgan fingerprint density at radius 2 is 2.24 bits per heavy atom. The molecule has 0 bridgehead atoms. The van der Waals surface area contributed by atoms with Gasteiger partial charge in [0.05, 0.1) is 5.60 Å². The van der Waals surface area contributed by atoms with E-state index in [2.05, 4.69) is 38.5 Å². The normalized spacial score (nSPS) is 22.0. The fraction of sp³-hybridized carbons (Fsp3) is 0.643. The molecule has 0 saturated carbocycles. The zero-order valence-electron chi connectivity index (χ0n) is 12.4. The molecule has 5 nitrogen and oxygen atoms in total. The van der Waals surface area contributed by atoms with E-state index < -0.39 is 0 Å². The Morgan fingerprint density at radius 1 is 1.43 bits per heavy atom. The Bertz CT molecular complexity index is 459. The van der Waals surface area contributed by atoms with Crippen molar-refractivity contribution >= 4 is 45.9 Å². The molecule has 0 aliphatic carbocycles. The van der Waals surface area contributed by atoms with Gasteiger partial charge in [-0.15, -0.1) is 24.0 Å². The van der Waals surface area contributed by atoms with Crippen molar-refractivity contribution in [2.24, 2.45) is 4.99 Å². The number of halogens is 2. The summed E-state index contributed by atoms with van der Waals surface area (Å²) in [6.45, 7) is 4.55. The van der Waals surface area contributed by atoms with E-state index in [9.17, 15) is 0 Å². The highest BCUT2D eigenvalue weighted by molar-refractivity contribution is 14.0. The molecule has 1 saturated heterocycles. The quantitative estimate of drug-likeness (QED) is 0.394. The first kappa shape index (κ1) is 18.8. The molecule has 2 rings (SSSR count). The monoisotopic (exact) mass is 471 g/mol. The molecular weight excluding hydrogens is 449 g/mol. The summed E-state index contributed by atoms with van der Waals surface area (Å²) in [6, 6.07) is 3.87. The number of furan rings is 1. The summed E-state index contributed by atoms with van der Waals surface area (Å²) in [4.78, 5) is 4.22. The third-order valence-corrected chi connectivity index (χ3v) is 3.87. The van der Waals surface area contributed by atoms with Gasteiger partial charge in [-0.2, -0.15) is 0 Å². The summed E-state index contributed by atoms with van der Waals surface area (Å²) < 4.78 is 12.0. The summed E-state index contributed by atoms with van der Waals surface area (Å²) >= 11 is 3.30. The van der Waals surface area contributed by atoms with Gasteiger partial charge in [-0.25, -0.2) is 0 Å². The van der Waals surface area contributed by atoms with Crippen molar-refractivity contribution in [1.29, 1.82) is 0 Å². The molecule has 120 valence electrons. The second-order valence-corrected chi connectivity index (χ2v) is 5.99. The molecule has 21 heavy (non-hydrogen) atoms. The topological polar surface area (TPSA) is 58.8 Å². The van der Waals surface area contributed by atoms with E-state index in [1.54, 1.807) is 7.05 Å². The summed E-state index contributed by atoms with van der Waals surface area (Å²) in [5, 5.41) is 6.59. The first-order chi connectivity index (χ1) is 9.61. The molecule has 1 unspecified atom stereocenters. The van der Waals surface area contributed by atoms with Gasteiger partial charge in [0, 0.05) is 33.2 Å². The van der Waals surface area contributed by atoms with E-state index in [1.807, 2.05) is 12.1 Å². The summed E-state index contributed by atoms with van der Waals surface area (Å²) in [6.07, 6.45) is 3.05. The number of guanidine groups is 1. The van der Waals surface area contributed by atoms with Crippen molar-refractivity contribution in [3.63, 3.8) is 0 Å². The molecule has 1 aromatic heterocycles. The molecule has 1 aliphatic rings. The van der Waals surface area contributed by atoms with Gasteiger partial charge >= 0.3 is 0 Å². The van der Waals surface area contributed by atoms with Crippen LogP contribution in [0.2, 0.25) is 0 Å². The van der Waals surface area contributed by atoms with Crippen molar-refractivity contribution in [3.05, 3.63) is 22.6 Å². The van der Waals surface area contributed by atoms with Crippen LogP contribution < -0.4 is 10.6 Å². The second-order valence-electron chi connectivity index (χ2n) is 5.21. The Morgan fingerprint density at radius 3 is 2.81 bits per heavy atom. The van der Waals surface area contributed by atoms with Crippen LogP contribution in [0.4, 0.5) is 0 Å². The number of ether oxygens (including phenoxy) is 1. The fourth-order valence-electron chi connectivity index (χ4n) is 2.26. The lowest BCUT2D eigenvalue weighted by molar-refractivity contribution is 0.0243. The number of nitrogens with one attached hydrogen (secondary N) is 2. The van der Waals surface area contributed by atoms with Gasteiger partial charge in [-0.05, 0) is 47.8 Å². The van der Waals surface area contributed by atoms with Crippen LogP contribution in [0.5, 0.6) is 0 Å². The molecule has 1 atom stereocenters. The highest BCUT2D eigenvalue weighted by Gasteiger charge is 2.29. The van der Waals surface area contributed by atoms with Crippen LogP contribution in [-0.2, 0) is 11.2 Å². The standard InChI is InChI=1S/C14H22BrN3O2.HI/c1-14(7-3-9-19-14)10-18-13(16-2)17-8-6-11-4-5-12(15)20-11;/h4-5H,3,6-10H2,1-2H3,(H2,16,17,18);1H. The molecule has 1 aromatic rings. The zero-order valence-corrected chi connectivity index (χ0v) is 16.4. The molecule has 0 amide bonds. The Hall–Kier alpha value is -0.280. The van der Waals surface area contributed by atoms with Crippen molar-refractivity contribution in [3.8, 4) is 0 Å². The third-order valence-electron chi connectivity index (χ3n) is 3.45. The second kappa shape index (κ2) is 8.99. The van der Waals surface area contributed by atoms with Crippen LogP contribution in [0, 0.1) is 0 Å². The third kappa shape index (κ3) is 6.15. The summed E-state index contributed by atoms with van der Waals surface area (Å²) in [5.74, 6) is 1.75. The lowest BCUT2D eigenvalue weighted by Gasteiger charge is -2.24. The highest BCUT2D eigenvalue weighted by atomic mass is 127. The average molecular weight is 472 g/mol. The molecule has 1 fully saturated rings. The highest BCUT2D eigenvalue weighted by Crippen LogP contribution is 2.23. The number of nitrogens with zero attached hydrogens (tertiary/aromatic N) is 1. The first-order valence-corrected chi connectivity index (χ1v) is 7.73. The van der Waals surface area contributed by atoms with Gasteiger partial charge in [0.15, 0.2) is 10.6 Å². The van der Waals surface area contributed by atoms with Crippen LogP contribution in [-0.4, -0.2) is 38.3 Å². The van der Waals surface area contributed by atoms with E-state index in [-0.39, 0.29) is 29.6 Å². The minimum atomic E-state index is -0.0660. The fourth-order valence-corrected chi connectivity index (χ4v) is 2.60. The molecule has 0 spiro atoms. The lowest BCUT2D eigenvalue weighted by Crippen LogP contribution is -2.45. The van der Waals surface area contributed by atoms with E-state index in [0.717, 1.165) is 55.3 Å². The van der Waals surface area contributed by atoms with Crippen LogP contribution >= 0.6 is 39.9 Å². The molecule has 0 aromatic carbocycles. The first-order valence-electron chi connectivity index (χ1n) is 6.94.